The molecule has 0 bridgehead atoms. The van der Waals surface area contributed by atoms with Crippen LogP contribution < -0.4 is 0 Å². The maximum absolute atomic E-state index is 10.6. The molecule has 4 nitrogen and oxygen atoms in total. The van der Waals surface area contributed by atoms with E-state index in [2.05, 4.69) is 9.97 Å². The fraction of sp³-hybridized carbons (Fsp3) is 0.500. The third-order valence-electron chi connectivity index (χ3n) is 2.39. The molecule has 2 heterocycles. The van der Waals surface area contributed by atoms with Crippen LogP contribution in [-0.4, -0.2) is 26.8 Å². The zero-order chi connectivity index (χ0) is 10.8. The average molecular weight is 224 g/mol. The molecule has 5 heteroatoms. The van der Waals surface area contributed by atoms with Gasteiger partial charge in [-0.2, -0.15) is 11.8 Å². The Hall–Kier alpha value is -1.10. The summed E-state index contributed by atoms with van der Waals surface area (Å²) >= 11 is 1.84. The molecule has 0 spiro atoms. The second-order valence-electron chi connectivity index (χ2n) is 3.52. The van der Waals surface area contributed by atoms with Crippen molar-refractivity contribution in [2.75, 3.05) is 5.75 Å². The summed E-state index contributed by atoms with van der Waals surface area (Å²) in [6.45, 7) is 1.93. The van der Waals surface area contributed by atoms with Crippen molar-refractivity contribution >= 4 is 17.7 Å². The number of hydrogen-bond acceptors (Lipinski definition) is 4. The van der Waals surface area contributed by atoms with Crippen LogP contribution in [0, 0.1) is 6.92 Å². The van der Waals surface area contributed by atoms with E-state index in [-0.39, 0.29) is 6.42 Å². The van der Waals surface area contributed by atoms with Gasteiger partial charge in [-0.3, -0.25) is 4.79 Å². The third kappa shape index (κ3) is 2.28. The van der Waals surface area contributed by atoms with E-state index >= 15 is 0 Å². The zero-order valence-corrected chi connectivity index (χ0v) is 9.30. The smallest absolute Gasteiger partial charge is 0.311 e. The number of fused-ring (bicyclic) bond motifs is 1. The average Bonchev–Trinajstić information content (AvgIpc) is 2.16. The number of rotatable bonds is 2. The van der Waals surface area contributed by atoms with Crippen molar-refractivity contribution in [1.82, 2.24) is 9.97 Å². The second kappa shape index (κ2) is 4.18. The van der Waals surface area contributed by atoms with Crippen molar-refractivity contribution in [3.05, 3.63) is 22.8 Å². The van der Waals surface area contributed by atoms with Gasteiger partial charge in [0.15, 0.2) is 0 Å². The number of carbonyl (C=O) groups is 1. The van der Waals surface area contributed by atoms with Crippen LogP contribution in [-0.2, 0) is 23.4 Å². The van der Waals surface area contributed by atoms with Gasteiger partial charge in [0.2, 0.25) is 0 Å². The van der Waals surface area contributed by atoms with Gasteiger partial charge in [0.1, 0.15) is 12.2 Å². The van der Waals surface area contributed by atoms with Gasteiger partial charge in [-0.05, 0) is 24.7 Å². The minimum absolute atomic E-state index is 0.0845. The van der Waals surface area contributed by atoms with E-state index in [9.17, 15) is 4.79 Å². The first-order valence-electron chi connectivity index (χ1n) is 4.81. The molecule has 15 heavy (non-hydrogen) atoms. The topological polar surface area (TPSA) is 63.1 Å². The summed E-state index contributed by atoms with van der Waals surface area (Å²) in [5, 5.41) is 8.68. The SMILES string of the molecule is Cc1nc(CC(=O)O)nc2c1CCSC2. The third-order valence-corrected chi connectivity index (χ3v) is 3.36. The summed E-state index contributed by atoms with van der Waals surface area (Å²) in [5.41, 5.74) is 3.18. The number of aromatic nitrogens is 2. The van der Waals surface area contributed by atoms with E-state index in [4.69, 9.17) is 5.11 Å². The van der Waals surface area contributed by atoms with Crippen LogP contribution in [0.25, 0.3) is 0 Å². The molecule has 0 atom stereocenters. The molecule has 80 valence electrons. The maximum atomic E-state index is 10.6. The normalized spacial score (nSPS) is 14.7. The van der Waals surface area contributed by atoms with Crippen molar-refractivity contribution in [3.63, 3.8) is 0 Å². The number of aliphatic carboxylic acids is 1. The molecule has 2 rings (SSSR count). The molecule has 0 saturated heterocycles. The van der Waals surface area contributed by atoms with Crippen LogP contribution in [0.2, 0.25) is 0 Å². The molecule has 1 N–H and O–H groups in total. The van der Waals surface area contributed by atoms with Crippen LogP contribution in [0.15, 0.2) is 0 Å². The van der Waals surface area contributed by atoms with E-state index in [1.807, 2.05) is 18.7 Å². The highest BCUT2D eigenvalue weighted by Crippen LogP contribution is 2.24. The first kappa shape index (κ1) is 10.4. The number of thioether (sulfide) groups is 1. The predicted octanol–water partition coefficient (Wildman–Crippen LogP) is 1.20. The Kier molecular flexibility index (Phi) is 2.90. The molecular weight excluding hydrogens is 212 g/mol. The Bertz CT molecular complexity index is 407. The Morgan fingerprint density at radius 1 is 1.53 bits per heavy atom. The lowest BCUT2D eigenvalue weighted by molar-refractivity contribution is -0.136. The number of hydrogen-bond donors (Lipinski definition) is 1. The van der Waals surface area contributed by atoms with Crippen molar-refractivity contribution in [2.24, 2.45) is 0 Å². The van der Waals surface area contributed by atoms with Gasteiger partial charge in [-0.1, -0.05) is 0 Å². The Balaban J connectivity index is 2.36. The van der Waals surface area contributed by atoms with E-state index in [0.29, 0.717) is 5.82 Å². The summed E-state index contributed by atoms with van der Waals surface area (Å²) in [4.78, 5) is 19.1. The molecule has 0 aromatic carbocycles. The Morgan fingerprint density at radius 2 is 2.33 bits per heavy atom. The van der Waals surface area contributed by atoms with Gasteiger partial charge in [0, 0.05) is 11.4 Å². The van der Waals surface area contributed by atoms with Gasteiger partial charge >= 0.3 is 5.97 Å². The maximum Gasteiger partial charge on any atom is 0.311 e. The predicted molar refractivity (Wildman–Crippen MR) is 58.0 cm³/mol. The van der Waals surface area contributed by atoms with E-state index in [1.54, 1.807) is 0 Å². The summed E-state index contributed by atoms with van der Waals surface area (Å²) in [7, 11) is 0. The molecule has 0 fully saturated rings. The lowest BCUT2D eigenvalue weighted by Crippen LogP contribution is -2.14. The number of aryl methyl sites for hydroxylation is 1. The number of carboxylic acids is 1. The summed E-state index contributed by atoms with van der Waals surface area (Å²) < 4.78 is 0. The van der Waals surface area contributed by atoms with Crippen molar-refractivity contribution in [3.8, 4) is 0 Å². The van der Waals surface area contributed by atoms with Crippen LogP contribution >= 0.6 is 11.8 Å². The monoisotopic (exact) mass is 224 g/mol. The summed E-state index contributed by atoms with van der Waals surface area (Å²) in [5.74, 6) is 1.54. The van der Waals surface area contributed by atoms with Crippen LogP contribution in [0.3, 0.4) is 0 Å². The van der Waals surface area contributed by atoms with Crippen molar-refractivity contribution in [1.29, 1.82) is 0 Å². The van der Waals surface area contributed by atoms with E-state index < -0.39 is 5.97 Å². The fourth-order valence-corrected chi connectivity index (χ4v) is 2.65. The molecule has 0 saturated carbocycles. The van der Waals surface area contributed by atoms with Crippen LogP contribution in [0.5, 0.6) is 0 Å². The van der Waals surface area contributed by atoms with E-state index in [1.165, 1.54) is 5.56 Å². The molecule has 0 unspecified atom stereocenters. The van der Waals surface area contributed by atoms with Gasteiger partial charge in [-0.15, -0.1) is 0 Å². The highest BCUT2D eigenvalue weighted by atomic mass is 32.2. The minimum atomic E-state index is -0.877. The second-order valence-corrected chi connectivity index (χ2v) is 4.63. The summed E-state index contributed by atoms with van der Waals surface area (Å²) in [6, 6.07) is 0. The molecular formula is C10H12N2O2S. The first-order valence-corrected chi connectivity index (χ1v) is 5.97. The molecule has 1 aliphatic rings. The van der Waals surface area contributed by atoms with Gasteiger partial charge < -0.3 is 5.11 Å². The van der Waals surface area contributed by atoms with Gasteiger partial charge in [0.25, 0.3) is 0 Å². The minimum Gasteiger partial charge on any atom is -0.481 e. The van der Waals surface area contributed by atoms with Crippen molar-refractivity contribution in [2.45, 2.75) is 25.5 Å². The molecule has 0 amide bonds. The molecule has 1 aromatic rings. The Morgan fingerprint density at radius 3 is 3.07 bits per heavy atom. The van der Waals surface area contributed by atoms with Crippen LogP contribution in [0.1, 0.15) is 22.8 Å². The molecule has 0 aliphatic carbocycles. The molecule has 0 radical (unpaired) electrons. The van der Waals surface area contributed by atoms with Gasteiger partial charge in [-0.25, -0.2) is 9.97 Å². The Labute approximate surface area is 92.1 Å². The standard InChI is InChI=1S/C10H12N2O2S/c1-6-7-2-3-15-5-8(7)12-9(11-6)4-10(13)14/h2-5H2,1H3,(H,13,14). The zero-order valence-electron chi connectivity index (χ0n) is 8.49. The number of nitrogens with zero attached hydrogens (tertiary/aromatic N) is 2. The quantitative estimate of drug-likeness (QED) is 0.817. The van der Waals surface area contributed by atoms with Crippen molar-refractivity contribution < 1.29 is 9.90 Å². The van der Waals surface area contributed by atoms with Crippen LogP contribution in [0.4, 0.5) is 0 Å². The lowest BCUT2D eigenvalue weighted by atomic mass is 10.1. The lowest BCUT2D eigenvalue weighted by Gasteiger charge is -2.16. The highest BCUT2D eigenvalue weighted by Gasteiger charge is 2.16. The summed E-state index contributed by atoms with van der Waals surface area (Å²) in [6.07, 6.45) is 0.915. The van der Waals surface area contributed by atoms with Gasteiger partial charge in [0.05, 0.1) is 5.69 Å². The first-order chi connectivity index (χ1) is 7.16. The largest absolute Gasteiger partial charge is 0.481 e. The van der Waals surface area contributed by atoms with E-state index in [0.717, 1.165) is 29.3 Å². The highest BCUT2D eigenvalue weighted by molar-refractivity contribution is 7.98. The molecule has 1 aliphatic heterocycles. The molecule has 1 aromatic heterocycles. The fourth-order valence-electron chi connectivity index (χ4n) is 1.72. The number of carboxylic acid groups (broad SMARTS) is 1.